The number of sulfone groups is 1. The fraction of sp³-hybridized carbons (Fsp3) is 0.200. The Morgan fingerprint density at radius 2 is 1.86 bits per heavy atom. The average molecular weight is 414 g/mol. The molecule has 0 spiro atoms. The van der Waals surface area contributed by atoms with Gasteiger partial charge < -0.3 is 9.88 Å². The number of hydrogen-bond donors (Lipinski definition) is 1. The summed E-state index contributed by atoms with van der Waals surface area (Å²) in [6.45, 7) is 0.417. The Kier molecular flexibility index (Phi) is 4.99. The Morgan fingerprint density at radius 1 is 1.14 bits per heavy atom. The van der Waals surface area contributed by atoms with Crippen molar-refractivity contribution in [3.8, 4) is 11.4 Å². The number of aromatic amines is 1. The van der Waals surface area contributed by atoms with Crippen LogP contribution in [0.3, 0.4) is 0 Å². The zero-order chi connectivity index (χ0) is 19.7. The minimum absolute atomic E-state index is 0.0538. The highest BCUT2D eigenvalue weighted by molar-refractivity contribution is 8.00. The van der Waals surface area contributed by atoms with E-state index in [2.05, 4.69) is 9.97 Å². The number of carbonyl (C=O) groups is 1. The molecular weight excluding hydrogens is 394 g/mol. The number of H-pyrrole nitrogens is 1. The van der Waals surface area contributed by atoms with E-state index in [9.17, 15) is 13.2 Å². The topological polar surface area (TPSA) is 83.1 Å². The molecule has 1 amide bonds. The molecule has 4 rings (SSSR count). The van der Waals surface area contributed by atoms with Gasteiger partial charge in [0.2, 0.25) is 5.91 Å². The number of amides is 1. The van der Waals surface area contributed by atoms with Crippen LogP contribution < -0.4 is 0 Å². The molecule has 1 aromatic heterocycles. The third kappa shape index (κ3) is 3.83. The van der Waals surface area contributed by atoms with Gasteiger partial charge in [-0.15, -0.1) is 11.8 Å². The number of benzene rings is 2. The molecule has 1 aliphatic rings. The van der Waals surface area contributed by atoms with Gasteiger partial charge >= 0.3 is 0 Å². The van der Waals surface area contributed by atoms with E-state index in [-0.39, 0.29) is 16.2 Å². The number of hydrogen-bond acceptors (Lipinski definition) is 5. The smallest absolute Gasteiger partial charge is 0.234 e. The summed E-state index contributed by atoms with van der Waals surface area (Å²) in [4.78, 5) is 22.3. The van der Waals surface area contributed by atoms with Crippen LogP contribution in [0.15, 0.2) is 65.7 Å². The van der Waals surface area contributed by atoms with E-state index in [0.717, 1.165) is 22.6 Å². The van der Waals surface area contributed by atoms with Crippen molar-refractivity contribution in [1.82, 2.24) is 14.9 Å². The van der Waals surface area contributed by atoms with Gasteiger partial charge in [-0.1, -0.05) is 42.5 Å². The molecule has 1 N–H and O–H groups in total. The van der Waals surface area contributed by atoms with Crippen molar-refractivity contribution in [3.05, 3.63) is 72.1 Å². The molecule has 144 valence electrons. The monoisotopic (exact) mass is 413 g/mol. The summed E-state index contributed by atoms with van der Waals surface area (Å²) in [5.74, 6) is 1.23. The molecule has 1 unspecified atom stereocenters. The zero-order valence-corrected chi connectivity index (χ0v) is 16.8. The predicted molar refractivity (Wildman–Crippen MR) is 109 cm³/mol. The first-order valence-electron chi connectivity index (χ1n) is 8.72. The molecule has 28 heavy (non-hydrogen) atoms. The molecule has 0 radical (unpaired) electrons. The first-order valence-corrected chi connectivity index (χ1v) is 11.7. The van der Waals surface area contributed by atoms with Crippen LogP contribution in [0.2, 0.25) is 0 Å². The van der Waals surface area contributed by atoms with Crippen LogP contribution in [-0.4, -0.2) is 41.2 Å². The van der Waals surface area contributed by atoms with Gasteiger partial charge in [0, 0.05) is 18.4 Å². The molecule has 8 heteroatoms. The summed E-state index contributed by atoms with van der Waals surface area (Å²) >= 11 is 1.56. The van der Waals surface area contributed by atoms with Gasteiger partial charge in [0.15, 0.2) is 9.84 Å². The summed E-state index contributed by atoms with van der Waals surface area (Å²) < 4.78 is 23.2. The number of rotatable bonds is 5. The summed E-state index contributed by atoms with van der Waals surface area (Å²) in [5, 5.41) is -0.146. The quantitative estimate of drug-likeness (QED) is 0.694. The maximum atomic E-state index is 12.4. The van der Waals surface area contributed by atoms with Gasteiger partial charge in [0.25, 0.3) is 0 Å². The van der Waals surface area contributed by atoms with E-state index in [1.807, 2.05) is 30.3 Å². The van der Waals surface area contributed by atoms with Gasteiger partial charge in [0.05, 0.1) is 22.5 Å². The van der Waals surface area contributed by atoms with E-state index in [4.69, 9.17) is 0 Å². The highest BCUT2D eigenvalue weighted by atomic mass is 32.2. The molecule has 2 heterocycles. The maximum Gasteiger partial charge on any atom is 0.234 e. The highest BCUT2D eigenvalue weighted by Gasteiger charge is 2.34. The van der Waals surface area contributed by atoms with Gasteiger partial charge in [-0.2, -0.15) is 0 Å². The Labute approximate surface area is 167 Å². The first-order chi connectivity index (χ1) is 13.4. The SMILES string of the molecule is CS(=O)(=O)c1ccc(CN2C(=O)CSC2c2cnc(-c3ccccc3)[nH]2)cc1. The lowest BCUT2D eigenvalue weighted by molar-refractivity contribution is -0.128. The molecule has 2 aromatic carbocycles. The fourth-order valence-electron chi connectivity index (χ4n) is 3.12. The Bertz CT molecular complexity index is 1090. The number of aromatic nitrogens is 2. The van der Waals surface area contributed by atoms with Gasteiger partial charge in [-0.25, -0.2) is 13.4 Å². The summed E-state index contributed by atoms with van der Waals surface area (Å²) in [6, 6.07) is 16.5. The Hall–Kier alpha value is -2.58. The molecule has 1 fully saturated rings. The van der Waals surface area contributed by atoms with Crippen molar-refractivity contribution in [2.75, 3.05) is 12.0 Å². The highest BCUT2D eigenvalue weighted by Crippen LogP contribution is 2.39. The third-order valence-electron chi connectivity index (χ3n) is 4.58. The van der Waals surface area contributed by atoms with Crippen LogP contribution in [0.5, 0.6) is 0 Å². The lowest BCUT2D eigenvalue weighted by Crippen LogP contribution is -2.27. The van der Waals surface area contributed by atoms with Crippen molar-refractivity contribution < 1.29 is 13.2 Å². The fourth-order valence-corrected chi connectivity index (χ4v) is 4.89. The van der Waals surface area contributed by atoms with Gasteiger partial charge in [0.1, 0.15) is 11.2 Å². The van der Waals surface area contributed by atoms with Crippen molar-refractivity contribution in [2.24, 2.45) is 0 Å². The Morgan fingerprint density at radius 3 is 2.54 bits per heavy atom. The number of carbonyl (C=O) groups excluding carboxylic acids is 1. The molecular formula is C20H19N3O3S2. The van der Waals surface area contributed by atoms with E-state index >= 15 is 0 Å². The lowest BCUT2D eigenvalue weighted by Gasteiger charge is -2.23. The second-order valence-electron chi connectivity index (χ2n) is 6.65. The first kappa shape index (κ1) is 18.8. The Balaban J connectivity index is 1.55. The third-order valence-corrected chi connectivity index (χ3v) is 6.95. The van der Waals surface area contributed by atoms with Crippen LogP contribution in [0.1, 0.15) is 16.6 Å². The summed E-state index contributed by atoms with van der Waals surface area (Å²) in [7, 11) is -3.23. The number of thioether (sulfide) groups is 1. The summed E-state index contributed by atoms with van der Waals surface area (Å²) in [5.41, 5.74) is 2.75. The van der Waals surface area contributed by atoms with Crippen molar-refractivity contribution in [3.63, 3.8) is 0 Å². The van der Waals surface area contributed by atoms with Crippen LogP contribution in [-0.2, 0) is 21.2 Å². The van der Waals surface area contributed by atoms with Gasteiger partial charge in [-0.3, -0.25) is 4.79 Å². The minimum Gasteiger partial charge on any atom is -0.339 e. The largest absolute Gasteiger partial charge is 0.339 e. The standard InChI is InChI=1S/C20H19N3O3S2/c1-28(25,26)16-9-7-14(8-10-16)12-23-18(24)13-27-20(23)17-11-21-19(22-17)15-5-3-2-4-6-15/h2-11,20H,12-13H2,1H3,(H,21,22). The second kappa shape index (κ2) is 7.44. The second-order valence-corrected chi connectivity index (χ2v) is 9.74. The normalized spacial score (nSPS) is 17.2. The van der Waals surface area contributed by atoms with Crippen LogP contribution in [0.25, 0.3) is 11.4 Å². The number of imidazole rings is 1. The van der Waals surface area contributed by atoms with Crippen LogP contribution in [0, 0.1) is 0 Å². The van der Waals surface area contributed by atoms with Crippen LogP contribution in [0.4, 0.5) is 0 Å². The molecule has 1 aliphatic heterocycles. The van der Waals surface area contributed by atoms with Gasteiger partial charge in [-0.05, 0) is 17.7 Å². The number of nitrogens with zero attached hydrogens (tertiary/aromatic N) is 2. The van der Waals surface area contributed by atoms with Crippen LogP contribution >= 0.6 is 11.8 Å². The zero-order valence-electron chi connectivity index (χ0n) is 15.2. The lowest BCUT2D eigenvalue weighted by atomic mass is 10.2. The van der Waals surface area contributed by atoms with E-state index in [1.165, 1.54) is 6.26 Å². The average Bonchev–Trinajstić information content (AvgIpc) is 3.30. The maximum absolute atomic E-state index is 12.4. The van der Waals surface area contributed by atoms with E-state index in [1.54, 1.807) is 47.1 Å². The number of nitrogens with one attached hydrogen (secondary N) is 1. The van der Waals surface area contributed by atoms with Crippen molar-refractivity contribution >= 4 is 27.5 Å². The van der Waals surface area contributed by atoms with E-state index < -0.39 is 9.84 Å². The summed E-state index contributed by atoms with van der Waals surface area (Å²) in [6.07, 6.45) is 2.96. The van der Waals surface area contributed by atoms with Crippen molar-refractivity contribution in [2.45, 2.75) is 16.8 Å². The van der Waals surface area contributed by atoms with E-state index in [0.29, 0.717) is 12.3 Å². The molecule has 0 bridgehead atoms. The molecule has 6 nitrogen and oxygen atoms in total. The predicted octanol–water partition coefficient (Wildman–Crippen LogP) is 3.25. The minimum atomic E-state index is -3.23. The molecule has 3 aromatic rings. The van der Waals surface area contributed by atoms with Crippen molar-refractivity contribution in [1.29, 1.82) is 0 Å². The molecule has 0 saturated carbocycles. The molecule has 1 atom stereocenters. The molecule has 1 saturated heterocycles. The molecule has 0 aliphatic carbocycles.